The SMILES string of the molecule is NC(=O)c1ccc(C(NC(=O)OCc2ccccc2)O[P+](=O)O)cc1. The Morgan fingerprint density at radius 3 is 2.32 bits per heavy atom. The van der Waals surface area contributed by atoms with E-state index in [0.29, 0.717) is 5.56 Å². The van der Waals surface area contributed by atoms with Gasteiger partial charge in [-0.3, -0.25) is 10.1 Å². The molecule has 0 aliphatic carbocycles. The molecule has 0 aliphatic heterocycles. The van der Waals surface area contributed by atoms with Crippen molar-refractivity contribution in [2.75, 3.05) is 0 Å². The van der Waals surface area contributed by atoms with Gasteiger partial charge in [0.05, 0.1) is 0 Å². The summed E-state index contributed by atoms with van der Waals surface area (Å²) in [6.07, 6.45) is -2.05. The van der Waals surface area contributed by atoms with Crippen LogP contribution in [0.3, 0.4) is 0 Å². The van der Waals surface area contributed by atoms with Crippen molar-refractivity contribution in [3.63, 3.8) is 0 Å². The fourth-order valence-electron chi connectivity index (χ4n) is 1.95. The summed E-state index contributed by atoms with van der Waals surface area (Å²) < 4.78 is 20.8. The van der Waals surface area contributed by atoms with Crippen molar-refractivity contribution in [1.29, 1.82) is 0 Å². The van der Waals surface area contributed by atoms with Crippen LogP contribution >= 0.6 is 8.25 Å². The molecular formula is C16H16N2O6P+. The number of alkyl carbamates (subject to hydrolysis) is 1. The van der Waals surface area contributed by atoms with Crippen LogP contribution < -0.4 is 11.1 Å². The molecule has 0 saturated carbocycles. The molecule has 2 aromatic rings. The lowest BCUT2D eigenvalue weighted by Crippen LogP contribution is -2.29. The number of nitrogens with two attached hydrogens (primary N) is 1. The third kappa shape index (κ3) is 5.96. The largest absolute Gasteiger partial charge is 0.697 e. The molecule has 0 radical (unpaired) electrons. The third-order valence-electron chi connectivity index (χ3n) is 3.16. The van der Waals surface area contributed by atoms with Crippen LogP contribution in [0.2, 0.25) is 0 Å². The van der Waals surface area contributed by atoms with E-state index in [-0.39, 0.29) is 12.2 Å². The van der Waals surface area contributed by atoms with E-state index in [1.165, 1.54) is 24.3 Å². The number of hydrogen-bond donors (Lipinski definition) is 3. The fourth-order valence-corrected chi connectivity index (χ4v) is 2.31. The molecule has 2 atom stereocenters. The van der Waals surface area contributed by atoms with Crippen LogP contribution in [0, 0.1) is 0 Å². The molecule has 2 amide bonds. The fraction of sp³-hybridized carbons (Fsp3) is 0.125. The smallest absolute Gasteiger partial charge is 0.445 e. The first-order valence-corrected chi connectivity index (χ1v) is 8.28. The minimum absolute atomic E-state index is 0.0330. The maximum atomic E-state index is 11.9. The number of carbonyl (C=O) groups excluding carboxylic acids is 2. The van der Waals surface area contributed by atoms with E-state index >= 15 is 0 Å². The quantitative estimate of drug-likeness (QED) is 0.512. The highest BCUT2D eigenvalue weighted by atomic mass is 31.1. The molecule has 9 heteroatoms. The van der Waals surface area contributed by atoms with Crippen molar-refractivity contribution < 1.29 is 28.3 Å². The van der Waals surface area contributed by atoms with Crippen molar-refractivity contribution in [3.8, 4) is 0 Å². The first-order valence-electron chi connectivity index (χ1n) is 7.15. The molecule has 0 heterocycles. The number of primary amides is 1. The minimum Gasteiger partial charge on any atom is -0.445 e. The number of carbonyl (C=O) groups is 2. The second kappa shape index (κ2) is 8.89. The van der Waals surface area contributed by atoms with Crippen molar-refractivity contribution in [3.05, 3.63) is 71.3 Å². The highest BCUT2D eigenvalue weighted by Gasteiger charge is 2.27. The second-order valence-corrected chi connectivity index (χ2v) is 5.60. The van der Waals surface area contributed by atoms with Crippen LogP contribution in [0.5, 0.6) is 0 Å². The van der Waals surface area contributed by atoms with Crippen molar-refractivity contribution >= 4 is 20.3 Å². The molecule has 2 rings (SSSR count). The Kier molecular flexibility index (Phi) is 6.59. The van der Waals surface area contributed by atoms with Gasteiger partial charge in [0.2, 0.25) is 12.1 Å². The summed E-state index contributed by atoms with van der Waals surface area (Å²) in [5, 5.41) is 2.34. The highest BCUT2D eigenvalue weighted by Crippen LogP contribution is 2.27. The predicted octanol–water partition coefficient (Wildman–Crippen LogP) is 2.38. The number of amides is 2. The lowest BCUT2D eigenvalue weighted by Gasteiger charge is -2.13. The van der Waals surface area contributed by atoms with Crippen LogP contribution in [0.25, 0.3) is 0 Å². The van der Waals surface area contributed by atoms with E-state index < -0.39 is 26.5 Å². The first kappa shape index (κ1) is 18.5. The summed E-state index contributed by atoms with van der Waals surface area (Å²) in [6, 6.07) is 14.7. The van der Waals surface area contributed by atoms with E-state index in [0.717, 1.165) is 5.56 Å². The van der Waals surface area contributed by atoms with Gasteiger partial charge < -0.3 is 10.5 Å². The molecule has 2 unspecified atom stereocenters. The van der Waals surface area contributed by atoms with Gasteiger partial charge in [-0.1, -0.05) is 47.0 Å². The maximum Gasteiger partial charge on any atom is 0.697 e. The minimum atomic E-state index is -2.98. The molecule has 0 aliphatic rings. The van der Waals surface area contributed by atoms with Gasteiger partial charge in [-0.25, -0.2) is 4.79 Å². The third-order valence-corrected chi connectivity index (χ3v) is 3.55. The molecule has 0 bridgehead atoms. The van der Waals surface area contributed by atoms with E-state index in [2.05, 4.69) is 5.32 Å². The molecule has 130 valence electrons. The van der Waals surface area contributed by atoms with Gasteiger partial charge in [-0.05, 0) is 17.7 Å². The molecule has 0 fully saturated rings. The van der Waals surface area contributed by atoms with Crippen LogP contribution in [-0.4, -0.2) is 16.9 Å². The highest BCUT2D eigenvalue weighted by molar-refractivity contribution is 7.32. The van der Waals surface area contributed by atoms with Gasteiger partial charge in [-0.2, -0.15) is 0 Å². The molecule has 8 nitrogen and oxygen atoms in total. The Morgan fingerprint density at radius 2 is 1.76 bits per heavy atom. The van der Waals surface area contributed by atoms with Crippen LogP contribution in [-0.2, 0) is 20.4 Å². The average Bonchev–Trinajstić information content (AvgIpc) is 2.60. The molecule has 0 aromatic heterocycles. The van der Waals surface area contributed by atoms with Crippen LogP contribution in [0.4, 0.5) is 4.79 Å². The van der Waals surface area contributed by atoms with Crippen molar-refractivity contribution in [2.24, 2.45) is 5.73 Å². The van der Waals surface area contributed by atoms with Gasteiger partial charge in [0.1, 0.15) is 6.61 Å². The Hall–Kier alpha value is -2.80. The predicted molar refractivity (Wildman–Crippen MR) is 88.4 cm³/mol. The van der Waals surface area contributed by atoms with Gasteiger partial charge in [0, 0.05) is 15.7 Å². The number of hydrogen-bond acceptors (Lipinski definition) is 5. The van der Waals surface area contributed by atoms with E-state index in [4.69, 9.17) is 19.9 Å². The van der Waals surface area contributed by atoms with Gasteiger partial charge in [0.15, 0.2) is 0 Å². The first-order chi connectivity index (χ1) is 12.0. The van der Waals surface area contributed by atoms with Gasteiger partial charge in [-0.15, -0.1) is 4.89 Å². The lowest BCUT2D eigenvalue weighted by molar-refractivity contribution is 0.0993. The monoisotopic (exact) mass is 363 g/mol. The summed E-state index contributed by atoms with van der Waals surface area (Å²) in [5.41, 5.74) is 6.53. The zero-order valence-corrected chi connectivity index (χ0v) is 13.9. The Bertz CT molecular complexity index is 751. The Labute approximate surface area is 144 Å². The van der Waals surface area contributed by atoms with E-state index in [1.54, 1.807) is 24.3 Å². The van der Waals surface area contributed by atoms with Crippen molar-refractivity contribution in [2.45, 2.75) is 12.8 Å². The van der Waals surface area contributed by atoms with Gasteiger partial charge in [0.25, 0.3) is 0 Å². The van der Waals surface area contributed by atoms with Gasteiger partial charge >= 0.3 is 14.3 Å². The summed E-state index contributed by atoms with van der Waals surface area (Å²) in [5.74, 6) is -0.618. The van der Waals surface area contributed by atoms with E-state index in [1.807, 2.05) is 6.07 Å². The summed E-state index contributed by atoms with van der Waals surface area (Å²) in [7, 11) is -2.98. The molecule has 2 aromatic carbocycles. The average molecular weight is 363 g/mol. The zero-order valence-electron chi connectivity index (χ0n) is 13.0. The number of benzene rings is 2. The standard InChI is InChI=1S/C16H15N2O6P/c17-14(19)12-6-8-13(9-7-12)15(24-25(21)22)18-16(20)23-10-11-4-2-1-3-5-11/h1-9,15H,10H2,(H3-,17,18,19,20,21,22)/p+1. The number of ether oxygens (including phenoxy) is 1. The molecular weight excluding hydrogens is 347 g/mol. The normalized spacial score (nSPS) is 12.1. The molecule has 0 spiro atoms. The van der Waals surface area contributed by atoms with Crippen LogP contribution in [0.15, 0.2) is 54.6 Å². The summed E-state index contributed by atoms with van der Waals surface area (Å²) in [6.45, 7) is 0.0330. The molecule has 4 N–H and O–H groups in total. The zero-order chi connectivity index (χ0) is 18.2. The lowest BCUT2D eigenvalue weighted by atomic mass is 10.1. The van der Waals surface area contributed by atoms with Crippen molar-refractivity contribution in [1.82, 2.24) is 5.32 Å². The Balaban J connectivity index is 2.02. The molecule has 25 heavy (non-hydrogen) atoms. The molecule has 0 saturated heterocycles. The topological polar surface area (TPSA) is 128 Å². The number of rotatable bonds is 7. The summed E-state index contributed by atoms with van der Waals surface area (Å²) >= 11 is 0. The van der Waals surface area contributed by atoms with E-state index in [9.17, 15) is 14.2 Å². The second-order valence-electron chi connectivity index (χ2n) is 4.92. The maximum absolute atomic E-state index is 11.9. The Morgan fingerprint density at radius 1 is 1.12 bits per heavy atom. The summed E-state index contributed by atoms with van der Waals surface area (Å²) in [4.78, 5) is 31.9. The number of nitrogens with one attached hydrogen (secondary N) is 1. The van der Waals surface area contributed by atoms with Crippen LogP contribution in [0.1, 0.15) is 27.7 Å².